The summed E-state index contributed by atoms with van der Waals surface area (Å²) in [6.45, 7) is -3.10. The summed E-state index contributed by atoms with van der Waals surface area (Å²) >= 11 is 0.758. The van der Waals surface area contributed by atoms with Crippen LogP contribution < -0.4 is 5.56 Å². The molecule has 0 saturated heterocycles. The van der Waals surface area contributed by atoms with Gasteiger partial charge in [-0.2, -0.15) is 18.2 Å². The lowest BCUT2D eigenvalue weighted by Gasteiger charge is -2.33. The Morgan fingerprint density at radius 3 is 2.29 bits per heavy atom. The maximum atomic E-state index is 14.9. The molecule has 0 radical (unpaired) electrons. The van der Waals surface area contributed by atoms with Crippen molar-refractivity contribution in [2.75, 3.05) is 26.1 Å². The van der Waals surface area contributed by atoms with Gasteiger partial charge in [-0.1, -0.05) is 74.1 Å². The van der Waals surface area contributed by atoms with E-state index < -0.39 is 96.7 Å². The second-order valence-corrected chi connectivity index (χ2v) is 11.6. The minimum absolute atomic E-state index is 0.00916. The lowest BCUT2D eigenvalue weighted by Crippen LogP contribution is -2.42. The van der Waals surface area contributed by atoms with Crippen LogP contribution in [-0.4, -0.2) is 51.3 Å². The highest BCUT2D eigenvalue weighted by Gasteiger charge is 2.30. The van der Waals surface area contributed by atoms with E-state index in [1.165, 1.54) is 62.4 Å². The van der Waals surface area contributed by atoms with E-state index in [-0.39, 0.29) is 17.9 Å². The fourth-order valence-corrected chi connectivity index (χ4v) is 5.85. The van der Waals surface area contributed by atoms with E-state index in [2.05, 4.69) is 4.98 Å². The molecular weight excluding hydrogens is 640 g/mol. The second kappa shape index (κ2) is 15.5. The Labute approximate surface area is 298 Å². The number of alkyl halides is 3. The summed E-state index contributed by atoms with van der Waals surface area (Å²) in [7, 11) is 0. The topological polar surface area (TPSA) is 58.4 Å². The zero-order valence-corrected chi connectivity index (χ0v) is 27.1. The van der Waals surface area contributed by atoms with Gasteiger partial charge in [-0.25, -0.2) is 4.39 Å². The van der Waals surface area contributed by atoms with Gasteiger partial charge in [-0.15, -0.1) is 0 Å². The van der Waals surface area contributed by atoms with Crippen LogP contribution in [0.25, 0.3) is 11.1 Å². The molecule has 0 fully saturated rings. The van der Waals surface area contributed by atoms with E-state index in [9.17, 15) is 31.3 Å². The smallest absolute Gasteiger partial charge is 0.333 e. The number of aromatic nitrogens is 2. The molecule has 11 heteroatoms. The van der Waals surface area contributed by atoms with Crippen LogP contribution in [-0.2, 0) is 36.0 Å². The van der Waals surface area contributed by atoms with Crippen LogP contribution in [0.2, 0.25) is 0 Å². The summed E-state index contributed by atoms with van der Waals surface area (Å²) in [5, 5.41) is -0.392. The molecule has 0 bridgehead atoms. The molecule has 3 aromatic carbocycles. The van der Waals surface area contributed by atoms with E-state index in [1.807, 2.05) is 0 Å². The first-order chi connectivity index (χ1) is 27.0. The zero-order chi connectivity index (χ0) is 44.3. The van der Waals surface area contributed by atoms with Crippen molar-refractivity contribution in [1.82, 2.24) is 19.4 Å². The van der Waals surface area contributed by atoms with Crippen molar-refractivity contribution in [2.24, 2.45) is 0 Å². The van der Waals surface area contributed by atoms with Gasteiger partial charge in [-0.3, -0.25) is 9.59 Å². The van der Waals surface area contributed by atoms with Crippen molar-refractivity contribution in [2.45, 2.75) is 69.5 Å². The number of amides is 1. The van der Waals surface area contributed by atoms with E-state index in [0.29, 0.717) is 21.6 Å². The van der Waals surface area contributed by atoms with Gasteiger partial charge < -0.3 is 14.4 Å². The number of halogens is 4. The fourth-order valence-electron chi connectivity index (χ4n) is 4.91. The lowest BCUT2D eigenvalue weighted by atomic mass is 9.99. The van der Waals surface area contributed by atoms with Crippen LogP contribution in [0.15, 0.2) is 82.7 Å². The average molecular weight is 692 g/mol. The van der Waals surface area contributed by atoms with Gasteiger partial charge in [0.1, 0.15) is 12.4 Å². The van der Waals surface area contributed by atoms with Crippen LogP contribution in [0.1, 0.15) is 76.2 Å². The Hall–Kier alpha value is -3.96. The molecule has 1 aliphatic carbocycles. The van der Waals surface area contributed by atoms with Gasteiger partial charge in [0, 0.05) is 41.0 Å². The number of carbonyl (C=O) groups is 1. The molecule has 5 rings (SSSR count). The number of fused-ring (bicyclic) bond motifs is 1. The average Bonchev–Trinajstić information content (AvgIpc) is 3.24. The molecule has 0 spiro atoms. The highest BCUT2D eigenvalue weighted by Crippen LogP contribution is 2.32. The Morgan fingerprint density at radius 1 is 1.04 bits per heavy atom. The fraction of sp³-hybridized carbons (Fsp3) is 0.378. The molecule has 254 valence electrons. The lowest BCUT2D eigenvalue weighted by molar-refractivity contribution is -0.137. The van der Waals surface area contributed by atoms with Crippen LogP contribution in [0.4, 0.5) is 17.6 Å². The molecule has 48 heavy (non-hydrogen) atoms. The number of hydrogen-bond donors (Lipinski definition) is 0. The Bertz CT molecular complexity index is 2250. The number of thioether (sulfide) groups is 1. The Morgan fingerprint density at radius 2 is 1.69 bits per heavy atom. The monoisotopic (exact) mass is 691 g/mol. The third kappa shape index (κ3) is 8.36. The number of benzene rings is 3. The van der Waals surface area contributed by atoms with Crippen molar-refractivity contribution < 1.29 is 37.4 Å². The minimum atomic E-state index is -4.57. The largest absolute Gasteiger partial charge is 0.416 e. The van der Waals surface area contributed by atoms with E-state index in [4.69, 9.17) is 11.0 Å². The second-order valence-electron chi connectivity index (χ2n) is 10.7. The number of likely N-dealkylation sites (N-methyl/N-ethyl adjacent to an activating group) is 1. The quantitative estimate of drug-likeness (QED) is 0.0815. The normalized spacial score (nSPS) is 21.3. The molecule has 0 saturated carbocycles. The molecule has 1 aromatic heterocycles. The number of hydrogen-bond acceptors (Lipinski definition) is 5. The summed E-state index contributed by atoms with van der Waals surface area (Å²) in [4.78, 5) is 33.8. The summed E-state index contributed by atoms with van der Waals surface area (Å²) in [6.07, 6.45) is -14.5. The zero-order valence-electron chi connectivity index (χ0n) is 37.3. The predicted octanol–water partition coefficient (Wildman–Crippen LogP) is 7.78. The highest BCUT2D eigenvalue weighted by atomic mass is 32.2. The van der Waals surface area contributed by atoms with Crippen LogP contribution in [0.5, 0.6) is 0 Å². The van der Waals surface area contributed by atoms with Gasteiger partial charge in [0.25, 0.3) is 5.56 Å². The first kappa shape index (κ1) is 23.4. The maximum Gasteiger partial charge on any atom is 0.416 e. The summed E-state index contributed by atoms with van der Waals surface area (Å²) < 4.78 is 150. The highest BCUT2D eigenvalue weighted by molar-refractivity contribution is 7.98. The molecule has 4 aromatic rings. The van der Waals surface area contributed by atoms with E-state index >= 15 is 0 Å². The van der Waals surface area contributed by atoms with Gasteiger partial charge in [0.15, 0.2) is 5.16 Å². The molecule has 1 aliphatic rings. The van der Waals surface area contributed by atoms with Gasteiger partial charge in [0.2, 0.25) is 5.91 Å². The number of nitrogens with zero attached hydrogens (tertiary/aromatic N) is 4. The van der Waals surface area contributed by atoms with Gasteiger partial charge in [-0.05, 0) is 85.6 Å². The summed E-state index contributed by atoms with van der Waals surface area (Å²) in [5.41, 5.74) is -2.77. The molecular formula is C37H40F4N4O2S. The van der Waals surface area contributed by atoms with Crippen LogP contribution >= 0.6 is 11.8 Å². The third-order valence-corrected chi connectivity index (χ3v) is 8.69. The molecule has 1 atom stereocenters. The predicted molar refractivity (Wildman–Crippen MR) is 181 cm³/mol. The first-order valence-corrected chi connectivity index (χ1v) is 15.9. The molecule has 6 nitrogen and oxygen atoms in total. The van der Waals surface area contributed by atoms with Gasteiger partial charge in [0.05, 0.1) is 15.7 Å². The van der Waals surface area contributed by atoms with Crippen LogP contribution in [0.3, 0.4) is 0 Å². The molecule has 1 heterocycles. The minimum Gasteiger partial charge on any atom is -0.333 e. The number of rotatable bonds is 13. The van der Waals surface area contributed by atoms with Gasteiger partial charge >= 0.3 is 6.18 Å². The van der Waals surface area contributed by atoms with Crippen molar-refractivity contribution in [3.8, 4) is 11.1 Å². The maximum absolute atomic E-state index is 14.9. The van der Waals surface area contributed by atoms with Crippen molar-refractivity contribution >= 4 is 17.7 Å². The van der Waals surface area contributed by atoms with E-state index in [1.54, 1.807) is 6.92 Å². The van der Waals surface area contributed by atoms with Crippen molar-refractivity contribution in [3.63, 3.8) is 0 Å². The third-order valence-electron chi connectivity index (χ3n) is 7.64. The standard InChI is InChI=1S/C37H40F4N4O2S/c1-4-43(5-2)21-22-44(25(3)27-11-13-28(14-12-27)29-15-17-30(18-16-29)37(39,40)41)34(46)23-45-33-8-6-7-32(33)35(47)42-36(45)48-24-26-9-19-31(38)20-10-26/h9-20,25H,4-8,21-24H2,1-3H3/i4D2,6D2,7D2,8D2,22D2,25D. The Kier molecular flexibility index (Phi) is 7.56. The molecule has 1 amide bonds. The molecule has 0 N–H and O–H groups in total. The van der Waals surface area contributed by atoms with Crippen molar-refractivity contribution in [1.29, 1.82) is 0 Å². The summed E-state index contributed by atoms with van der Waals surface area (Å²) in [6, 6.07) is 12.7. The SMILES string of the molecule is [2H]C([2H])(C)N(CC)CC([2H])([2H])N(C(=O)Cn1c(SCc2ccc(F)cc2)nc(=O)c2c1C([2H])([2H])C([2H])([2H])C2([2H])[2H])C([2H])(C)c1ccc(-c2ccc(C(F)(F)F)cc2)cc1. The molecule has 0 aliphatic heterocycles. The van der Waals surface area contributed by atoms with Crippen LogP contribution in [0, 0.1) is 5.82 Å². The van der Waals surface area contributed by atoms with E-state index in [0.717, 1.165) is 45.5 Å². The van der Waals surface area contributed by atoms with Crippen molar-refractivity contribution in [3.05, 3.63) is 117 Å². The summed E-state index contributed by atoms with van der Waals surface area (Å²) in [5.74, 6) is -1.85. The number of carbonyl (C=O) groups excluding carboxylic acids is 1. The molecule has 1 unspecified atom stereocenters. The first-order valence-electron chi connectivity index (χ1n) is 20.4. The Balaban J connectivity index is 1.66.